The summed E-state index contributed by atoms with van der Waals surface area (Å²) in [4.78, 5) is 27.2. The fourth-order valence-electron chi connectivity index (χ4n) is 2.88. The number of carbonyl (C=O) groups excluding carboxylic acids is 2. The van der Waals surface area contributed by atoms with Crippen LogP contribution < -0.4 is 4.90 Å². The minimum Gasteiger partial charge on any atom is -0.408 e. The maximum Gasteiger partial charge on any atom is 0.417 e. The van der Waals surface area contributed by atoms with E-state index in [9.17, 15) is 22.8 Å². The number of carbonyl (C=O) groups is 2. The number of amides is 3. The first-order chi connectivity index (χ1) is 14.6. The van der Waals surface area contributed by atoms with Crippen molar-refractivity contribution in [1.29, 1.82) is 0 Å². The third-order valence-electron chi connectivity index (χ3n) is 4.30. The molecule has 0 radical (unpaired) electrons. The Morgan fingerprint density at radius 2 is 1.90 bits per heavy atom. The summed E-state index contributed by atoms with van der Waals surface area (Å²) in [5, 5.41) is 7.23. The molecule has 8 nitrogen and oxygen atoms in total. The Balaban J connectivity index is 2.07. The molecule has 13 heteroatoms. The van der Waals surface area contributed by atoms with E-state index in [1.807, 2.05) is 0 Å². The number of alkyl halides is 3. The lowest BCUT2D eigenvalue weighted by Crippen LogP contribution is -2.50. The molecular weight excluding hydrogens is 444 g/mol. The smallest absolute Gasteiger partial charge is 0.408 e. The van der Waals surface area contributed by atoms with Crippen LogP contribution in [0.5, 0.6) is 0 Å². The summed E-state index contributed by atoms with van der Waals surface area (Å²) in [7, 11) is 0. The zero-order valence-corrected chi connectivity index (χ0v) is 17.3. The average Bonchev–Trinajstić information content (AvgIpc) is 3.15. The van der Waals surface area contributed by atoms with E-state index in [1.54, 1.807) is 6.92 Å². The maximum atomic E-state index is 15.1. The lowest BCUT2D eigenvalue weighted by molar-refractivity contribution is -0.140. The normalized spacial score (nSPS) is 14.6. The van der Waals surface area contributed by atoms with E-state index in [0.29, 0.717) is 28.8 Å². The number of urea groups is 1. The van der Waals surface area contributed by atoms with Crippen LogP contribution in [-0.2, 0) is 10.9 Å². The SMILES string of the molecule is CCSc1c(C(F)(F)F)ccc(C(=O)N(C(=O)N2CCOCC2)c2nnc(C)o2)c1F. The summed E-state index contributed by atoms with van der Waals surface area (Å²) >= 11 is 0.606. The Hall–Kier alpha value is -2.67. The molecule has 31 heavy (non-hydrogen) atoms. The Labute approximate surface area is 178 Å². The first kappa shape index (κ1) is 23.0. The predicted molar refractivity (Wildman–Crippen MR) is 101 cm³/mol. The molecule has 0 N–H and O–H groups in total. The lowest BCUT2D eigenvalue weighted by Gasteiger charge is -2.30. The van der Waals surface area contributed by atoms with Crippen molar-refractivity contribution in [3.63, 3.8) is 0 Å². The molecule has 1 aromatic carbocycles. The van der Waals surface area contributed by atoms with Gasteiger partial charge >= 0.3 is 18.2 Å². The highest BCUT2D eigenvalue weighted by atomic mass is 32.2. The molecular formula is C18H18F4N4O4S. The summed E-state index contributed by atoms with van der Waals surface area (Å²) in [6.07, 6.45) is -4.81. The van der Waals surface area contributed by atoms with Crippen molar-refractivity contribution >= 4 is 29.7 Å². The van der Waals surface area contributed by atoms with Crippen LogP contribution in [0.3, 0.4) is 0 Å². The van der Waals surface area contributed by atoms with Gasteiger partial charge in [0.25, 0.3) is 5.91 Å². The maximum absolute atomic E-state index is 15.1. The molecule has 1 aliphatic heterocycles. The van der Waals surface area contributed by atoms with Crippen molar-refractivity contribution in [2.24, 2.45) is 0 Å². The number of anilines is 1. The second-order valence-electron chi connectivity index (χ2n) is 6.36. The number of halogens is 4. The predicted octanol–water partition coefficient (Wildman–Crippen LogP) is 3.75. The van der Waals surface area contributed by atoms with Crippen molar-refractivity contribution in [3.05, 3.63) is 35.0 Å². The molecule has 0 saturated carbocycles. The second-order valence-corrected chi connectivity index (χ2v) is 7.64. The zero-order chi connectivity index (χ0) is 22.8. The molecule has 0 aliphatic carbocycles. The fourth-order valence-corrected chi connectivity index (χ4v) is 3.74. The standard InChI is InChI=1S/C18H18F4N4O4S/c1-3-31-14-12(18(20,21)22)5-4-11(13(14)19)15(27)26(16-24-23-10(2)30-16)17(28)25-6-8-29-9-7-25/h4-5H,3,6-9H2,1-2H3. The van der Waals surface area contributed by atoms with Gasteiger partial charge in [-0.15, -0.1) is 16.9 Å². The number of ether oxygens (including phenoxy) is 1. The topological polar surface area (TPSA) is 88.8 Å². The van der Waals surface area contributed by atoms with Gasteiger partial charge in [-0.3, -0.25) is 4.79 Å². The van der Waals surface area contributed by atoms with Crippen LogP contribution in [0.1, 0.15) is 28.7 Å². The third-order valence-corrected chi connectivity index (χ3v) is 5.28. The van der Waals surface area contributed by atoms with E-state index in [2.05, 4.69) is 10.2 Å². The number of hydrogen-bond acceptors (Lipinski definition) is 7. The van der Waals surface area contributed by atoms with Gasteiger partial charge in [0.2, 0.25) is 5.89 Å². The summed E-state index contributed by atoms with van der Waals surface area (Å²) in [5.74, 6) is -2.42. The highest BCUT2D eigenvalue weighted by Gasteiger charge is 2.39. The minimum absolute atomic E-state index is 0.0395. The lowest BCUT2D eigenvalue weighted by atomic mass is 10.1. The van der Waals surface area contributed by atoms with Crippen LogP contribution in [0.15, 0.2) is 21.4 Å². The molecule has 2 aromatic rings. The number of aryl methyl sites for hydroxylation is 1. The van der Waals surface area contributed by atoms with Crippen molar-refractivity contribution in [2.75, 3.05) is 37.0 Å². The van der Waals surface area contributed by atoms with Crippen molar-refractivity contribution in [1.82, 2.24) is 15.1 Å². The largest absolute Gasteiger partial charge is 0.417 e. The van der Waals surface area contributed by atoms with Crippen LogP contribution in [0.2, 0.25) is 0 Å². The zero-order valence-electron chi connectivity index (χ0n) is 16.5. The van der Waals surface area contributed by atoms with E-state index in [-0.39, 0.29) is 37.9 Å². The molecule has 0 atom stereocenters. The number of hydrogen-bond donors (Lipinski definition) is 0. The molecule has 1 aliphatic rings. The molecule has 1 saturated heterocycles. The van der Waals surface area contributed by atoms with E-state index in [4.69, 9.17) is 9.15 Å². The summed E-state index contributed by atoms with van der Waals surface area (Å²) < 4.78 is 65.4. The molecule has 1 fully saturated rings. The van der Waals surface area contributed by atoms with Crippen molar-refractivity contribution < 1.29 is 36.3 Å². The number of nitrogens with zero attached hydrogens (tertiary/aromatic N) is 4. The first-order valence-corrected chi connectivity index (χ1v) is 10.2. The number of imide groups is 1. The monoisotopic (exact) mass is 462 g/mol. The number of rotatable bonds is 4. The van der Waals surface area contributed by atoms with Gasteiger partial charge in [-0.2, -0.15) is 18.1 Å². The summed E-state index contributed by atoms with van der Waals surface area (Å²) in [5.41, 5.74) is -1.92. The number of thioether (sulfide) groups is 1. The Morgan fingerprint density at radius 3 is 2.45 bits per heavy atom. The molecule has 0 unspecified atom stereocenters. The third kappa shape index (κ3) is 4.82. The van der Waals surface area contributed by atoms with Gasteiger partial charge in [0, 0.05) is 20.0 Å². The van der Waals surface area contributed by atoms with E-state index in [0.717, 1.165) is 0 Å². The molecule has 168 valence electrons. The quantitative estimate of drug-likeness (QED) is 0.505. The molecule has 0 spiro atoms. The molecule has 2 heterocycles. The van der Waals surface area contributed by atoms with Gasteiger partial charge in [-0.1, -0.05) is 12.0 Å². The van der Waals surface area contributed by atoms with Crippen LogP contribution in [-0.4, -0.2) is 59.1 Å². The van der Waals surface area contributed by atoms with Gasteiger partial charge < -0.3 is 14.1 Å². The van der Waals surface area contributed by atoms with E-state index >= 15 is 4.39 Å². The molecule has 0 bridgehead atoms. The summed E-state index contributed by atoms with van der Waals surface area (Å²) in [6.45, 7) is 3.73. The van der Waals surface area contributed by atoms with Crippen LogP contribution in [0.4, 0.5) is 28.4 Å². The van der Waals surface area contributed by atoms with Gasteiger partial charge in [0.1, 0.15) is 5.82 Å². The Morgan fingerprint density at radius 1 is 1.23 bits per heavy atom. The molecule has 3 rings (SSSR count). The van der Waals surface area contributed by atoms with Crippen molar-refractivity contribution in [2.45, 2.75) is 24.9 Å². The van der Waals surface area contributed by atoms with Gasteiger partial charge in [-0.25, -0.2) is 9.18 Å². The number of aromatic nitrogens is 2. The molecule has 1 aromatic heterocycles. The van der Waals surface area contributed by atoms with E-state index < -0.39 is 46.0 Å². The number of morpholine rings is 1. The number of benzene rings is 1. The molecule has 3 amide bonds. The van der Waals surface area contributed by atoms with Crippen LogP contribution in [0, 0.1) is 12.7 Å². The Kier molecular flexibility index (Phi) is 6.84. The average molecular weight is 462 g/mol. The highest BCUT2D eigenvalue weighted by molar-refractivity contribution is 7.99. The van der Waals surface area contributed by atoms with E-state index in [1.165, 1.54) is 11.8 Å². The van der Waals surface area contributed by atoms with Gasteiger partial charge in [0.15, 0.2) is 0 Å². The van der Waals surface area contributed by atoms with Crippen LogP contribution in [0.25, 0.3) is 0 Å². The Bertz CT molecular complexity index is 976. The van der Waals surface area contributed by atoms with Crippen molar-refractivity contribution in [3.8, 4) is 0 Å². The summed E-state index contributed by atoms with van der Waals surface area (Å²) in [6, 6.07) is -0.0720. The van der Waals surface area contributed by atoms with Crippen LogP contribution >= 0.6 is 11.8 Å². The van der Waals surface area contributed by atoms with Gasteiger partial charge in [0.05, 0.1) is 29.2 Å². The second kappa shape index (κ2) is 9.22. The minimum atomic E-state index is -4.81. The highest BCUT2D eigenvalue weighted by Crippen LogP contribution is 2.39. The first-order valence-electron chi connectivity index (χ1n) is 9.18. The van der Waals surface area contributed by atoms with Gasteiger partial charge in [-0.05, 0) is 17.9 Å². The fraction of sp³-hybridized carbons (Fsp3) is 0.444.